The zero-order valence-corrected chi connectivity index (χ0v) is 9.42. The molecule has 1 heterocycles. The third-order valence-electron chi connectivity index (χ3n) is 2.29. The maximum atomic E-state index is 9.57. The molecule has 2 aromatic rings. The molecule has 2 rings (SSSR count). The van der Waals surface area contributed by atoms with Gasteiger partial charge in [-0.15, -0.1) is 0 Å². The summed E-state index contributed by atoms with van der Waals surface area (Å²) in [5.41, 5.74) is 0.798. The van der Waals surface area contributed by atoms with E-state index in [4.69, 9.17) is 4.74 Å². The Bertz CT molecular complexity index is 485. The molecule has 1 aromatic heterocycles. The molecule has 0 fully saturated rings. The number of nitrogens with zero attached hydrogens (tertiary/aromatic N) is 2. The molecule has 2 N–H and O–H groups in total. The predicted molar refractivity (Wildman–Crippen MR) is 64.0 cm³/mol. The summed E-state index contributed by atoms with van der Waals surface area (Å²) in [6, 6.07) is 7.13. The highest BCUT2D eigenvalue weighted by Gasteiger charge is 2.01. The third kappa shape index (κ3) is 2.84. The number of rotatable bonds is 4. The first kappa shape index (κ1) is 11.2. The standard InChI is InChI=1S/C12H13N3O2/c1-17-10-7-14-12(15-8-10)13-6-9-4-2-3-5-11(9)16/h2-5,7-8,16H,6H2,1H3,(H,13,14,15). The molecule has 5 heteroatoms. The van der Waals surface area contributed by atoms with Crippen molar-refractivity contribution in [2.24, 2.45) is 0 Å². The Kier molecular flexibility index (Phi) is 3.40. The third-order valence-corrected chi connectivity index (χ3v) is 2.29. The summed E-state index contributed by atoms with van der Waals surface area (Å²) in [5.74, 6) is 1.36. The van der Waals surface area contributed by atoms with Gasteiger partial charge in [0.25, 0.3) is 0 Å². The fourth-order valence-electron chi connectivity index (χ4n) is 1.35. The van der Waals surface area contributed by atoms with Gasteiger partial charge in [0, 0.05) is 12.1 Å². The Morgan fingerprint density at radius 1 is 1.24 bits per heavy atom. The lowest BCUT2D eigenvalue weighted by atomic mass is 10.2. The van der Waals surface area contributed by atoms with Gasteiger partial charge in [-0.3, -0.25) is 0 Å². The SMILES string of the molecule is COc1cnc(NCc2ccccc2O)nc1. The smallest absolute Gasteiger partial charge is 0.223 e. The number of benzene rings is 1. The first-order valence-corrected chi connectivity index (χ1v) is 5.16. The van der Waals surface area contributed by atoms with Gasteiger partial charge in [-0.05, 0) is 6.07 Å². The van der Waals surface area contributed by atoms with E-state index in [9.17, 15) is 5.11 Å². The van der Waals surface area contributed by atoms with Gasteiger partial charge in [0.2, 0.25) is 5.95 Å². The fraction of sp³-hybridized carbons (Fsp3) is 0.167. The molecule has 0 radical (unpaired) electrons. The van der Waals surface area contributed by atoms with Crippen LogP contribution >= 0.6 is 0 Å². The zero-order valence-electron chi connectivity index (χ0n) is 9.42. The highest BCUT2D eigenvalue weighted by atomic mass is 16.5. The normalized spacial score (nSPS) is 9.94. The van der Waals surface area contributed by atoms with Crippen LogP contribution in [0, 0.1) is 0 Å². The van der Waals surface area contributed by atoms with Crippen LogP contribution in [-0.2, 0) is 6.54 Å². The molecule has 0 saturated heterocycles. The van der Waals surface area contributed by atoms with Crippen LogP contribution in [-0.4, -0.2) is 22.2 Å². The van der Waals surface area contributed by atoms with Gasteiger partial charge in [0.05, 0.1) is 19.5 Å². The highest BCUT2D eigenvalue weighted by molar-refractivity contribution is 5.36. The van der Waals surface area contributed by atoms with Gasteiger partial charge >= 0.3 is 0 Å². The average Bonchev–Trinajstić information content (AvgIpc) is 2.38. The van der Waals surface area contributed by atoms with Crippen molar-refractivity contribution in [3.05, 3.63) is 42.2 Å². The lowest BCUT2D eigenvalue weighted by Gasteiger charge is -2.06. The Morgan fingerprint density at radius 2 is 1.94 bits per heavy atom. The predicted octanol–water partition coefficient (Wildman–Crippen LogP) is 1.80. The van der Waals surface area contributed by atoms with Gasteiger partial charge in [0.15, 0.2) is 5.75 Å². The summed E-state index contributed by atoms with van der Waals surface area (Å²) in [6.45, 7) is 0.471. The van der Waals surface area contributed by atoms with Crippen LogP contribution in [0.2, 0.25) is 0 Å². The first-order valence-electron chi connectivity index (χ1n) is 5.16. The Morgan fingerprint density at radius 3 is 2.59 bits per heavy atom. The number of nitrogens with one attached hydrogen (secondary N) is 1. The van der Waals surface area contributed by atoms with Crippen LogP contribution < -0.4 is 10.1 Å². The highest BCUT2D eigenvalue weighted by Crippen LogP contribution is 2.16. The molecule has 0 amide bonds. The molecule has 5 nitrogen and oxygen atoms in total. The molecule has 88 valence electrons. The minimum absolute atomic E-state index is 0.258. The van der Waals surface area contributed by atoms with Crippen LogP contribution in [0.4, 0.5) is 5.95 Å². The van der Waals surface area contributed by atoms with E-state index >= 15 is 0 Å². The molecule has 1 aromatic carbocycles. The molecule has 0 spiro atoms. The Labute approximate surface area is 99.1 Å². The Hall–Kier alpha value is -2.30. The van der Waals surface area contributed by atoms with Crippen molar-refractivity contribution in [2.75, 3.05) is 12.4 Å². The number of para-hydroxylation sites is 1. The van der Waals surface area contributed by atoms with Crippen molar-refractivity contribution in [3.63, 3.8) is 0 Å². The monoisotopic (exact) mass is 231 g/mol. The van der Waals surface area contributed by atoms with E-state index in [1.807, 2.05) is 12.1 Å². The van der Waals surface area contributed by atoms with Crippen LogP contribution in [0.15, 0.2) is 36.7 Å². The minimum Gasteiger partial charge on any atom is -0.508 e. The number of hydrogen-bond acceptors (Lipinski definition) is 5. The maximum absolute atomic E-state index is 9.57. The van der Waals surface area contributed by atoms with Crippen LogP contribution in [0.25, 0.3) is 0 Å². The number of ether oxygens (including phenoxy) is 1. The molecule has 0 saturated carbocycles. The van der Waals surface area contributed by atoms with Gasteiger partial charge in [-0.1, -0.05) is 18.2 Å². The van der Waals surface area contributed by atoms with Crippen molar-refractivity contribution in [3.8, 4) is 11.5 Å². The zero-order chi connectivity index (χ0) is 12.1. The second-order valence-electron chi connectivity index (χ2n) is 3.43. The van der Waals surface area contributed by atoms with E-state index in [0.29, 0.717) is 18.2 Å². The van der Waals surface area contributed by atoms with Crippen LogP contribution in [0.5, 0.6) is 11.5 Å². The van der Waals surface area contributed by atoms with Crippen LogP contribution in [0.1, 0.15) is 5.56 Å². The number of phenolic OH excluding ortho intramolecular Hbond substituents is 1. The second kappa shape index (κ2) is 5.16. The van der Waals surface area contributed by atoms with Gasteiger partial charge in [-0.2, -0.15) is 0 Å². The summed E-state index contributed by atoms with van der Waals surface area (Å²) in [4.78, 5) is 8.13. The lowest BCUT2D eigenvalue weighted by Crippen LogP contribution is -2.03. The number of aromatic nitrogens is 2. The molecule has 0 aliphatic carbocycles. The van der Waals surface area contributed by atoms with E-state index in [1.54, 1.807) is 31.6 Å². The molecular formula is C12H13N3O2. The summed E-state index contributed by atoms with van der Waals surface area (Å²) < 4.78 is 4.96. The topological polar surface area (TPSA) is 67.3 Å². The molecular weight excluding hydrogens is 218 g/mol. The Balaban J connectivity index is 2.00. The minimum atomic E-state index is 0.258. The summed E-state index contributed by atoms with van der Waals surface area (Å²) in [7, 11) is 1.56. The summed E-state index contributed by atoms with van der Waals surface area (Å²) >= 11 is 0. The largest absolute Gasteiger partial charge is 0.508 e. The first-order chi connectivity index (χ1) is 8.29. The molecule has 17 heavy (non-hydrogen) atoms. The molecule has 0 unspecified atom stereocenters. The van der Waals surface area contributed by atoms with E-state index in [1.165, 1.54) is 0 Å². The maximum Gasteiger partial charge on any atom is 0.223 e. The van der Waals surface area contributed by atoms with E-state index < -0.39 is 0 Å². The van der Waals surface area contributed by atoms with Crippen molar-refractivity contribution < 1.29 is 9.84 Å². The lowest BCUT2D eigenvalue weighted by molar-refractivity contribution is 0.411. The van der Waals surface area contributed by atoms with Gasteiger partial charge in [0.1, 0.15) is 5.75 Å². The quantitative estimate of drug-likeness (QED) is 0.839. The van der Waals surface area contributed by atoms with Crippen LogP contribution in [0.3, 0.4) is 0 Å². The van der Waals surface area contributed by atoms with Crippen molar-refractivity contribution >= 4 is 5.95 Å². The second-order valence-corrected chi connectivity index (χ2v) is 3.43. The molecule has 0 bridgehead atoms. The van der Waals surface area contributed by atoms with E-state index in [2.05, 4.69) is 15.3 Å². The summed E-state index contributed by atoms with van der Waals surface area (Å²) in [5, 5.41) is 12.6. The van der Waals surface area contributed by atoms with Gasteiger partial charge < -0.3 is 15.2 Å². The van der Waals surface area contributed by atoms with Gasteiger partial charge in [-0.25, -0.2) is 9.97 Å². The van der Waals surface area contributed by atoms with Crippen molar-refractivity contribution in [1.82, 2.24) is 9.97 Å². The molecule has 0 atom stereocenters. The molecule has 0 aliphatic heterocycles. The molecule has 0 aliphatic rings. The van der Waals surface area contributed by atoms with E-state index in [-0.39, 0.29) is 5.75 Å². The van der Waals surface area contributed by atoms with E-state index in [0.717, 1.165) is 5.56 Å². The number of anilines is 1. The number of hydrogen-bond donors (Lipinski definition) is 2. The van der Waals surface area contributed by atoms with Crippen molar-refractivity contribution in [1.29, 1.82) is 0 Å². The number of aromatic hydroxyl groups is 1. The number of phenols is 1. The number of methoxy groups -OCH3 is 1. The average molecular weight is 231 g/mol. The fourth-order valence-corrected chi connectivity index (χ4v) is 1.35. The summed E-state index contributed by atoms with van der Waals surface area (Å²) in [6.07, 6.45) is 3.17. The van der Waals surface area contributed by atoms with Crippen molar-refractivity contribution in [2.45, 2.75) is 6.54 Å².